The molecule has 0 spiro atoms. The van der Waals surface area contributed by atoms with Crippen LogP contribution in [-0.2, 0) is 16.1 Å². The molecule has 8 heteroatoms. The molecule has 2 rings (SSSR count). The minimum absolute atomic E-state index is 0.0670. The molecular weight excluding hydrogens is 250 g/mol. The zero-order valence-corrected chi connectivity index (χ0v) is 10.8. The summed E-state index contributed by atoms with van der Waals surface area (Å²) in [6.07, 6.45) is 0.849. The summed E-state index contributed by atoms with van der Waals surface area (Å²) in [5.41, 5.74) is 0. The van der Waals surface area contributed by atoms with Crippen molar-refractivity contribution in [3.63, 3.8) is 0 Å². The summed E-state index contributed by atoms with van der Waals surface area (Å²) in [5, 5.41) is 9.26. The zero-order chi connectivity index (χ0) is 13.7. The summed E-state index contributed by atoms with van der Waals surface area (Å²) in [4.78, 5) is 29.1. The second-order valence-corrected chi connectivity index (χ2v) is 4.31. The molecule has 0 aromatic carbocycles. The van der Waals surface area contributed by atoms with Gasteiger partial charge in [-0.1, -0.05) is 5.16 Å². The van der Waals surface area contributed by atoms with E-state index in [0.717, 1.165) is 13.0 Å². The zero-order valence-electron chi connectivity index (χ0n) is 10.8. The summed E-state index contributed by atoms with van der Waals surface area (Å²) in [6, 6.07) is 0. The van der Waals surface area contributed by atoms with Gasteiger partial charge >= 0.3 is 11.8 Å². The Kier molecular flexibility index (Phi) is 4.45. The predicted molar refractivity (Wildman–Crippen MR) is 64.9 cm³/mol. The van der Waals surface area contributed by atoms with Gasteiger partial charge in [0, 0.05) is 19.6 Å². The average Bonchev–Trinajstić information content (AvgIpc) is 2.67. The van der Waals surface area contributed by atoms with Gasteiger partial charge in [0.25, 0.3) is 0 Å². The summed E-state index contributed by atoms with van der Waals surface area (Å²) >= 11 is 0. The van der Waals surface area contributed by atoms with Gasteiger partial charge in [-0.3, -0.25) is 9.59 Å². The van der Waals surface area contributed by atoms with Crippen molar-refractivity contribution in [1.29, 1.82) is 0 Å². The smallest absolute Gasteiger partial charge is 0.311 e. The van der Waals surface area contributed by atoms with Gasteiger partial charge in [-0.15, -0.1) is 0 Å². The first-order valence-corrected chi connectivity index (χ1v) is 6.24. The molecule has 1 aliphatic heterocycles. The third-order valence-corrected chi connectivity index (χ3v) is 2.79. The second-order valence-electron chi connectivity index (χ2n) is 4.31. The molecule has 1 aliphatic rings. The summed E-state index contributed by atoms with van der Waals surface area (Å²) in [7, 11) is 0. The lowest BCUT2D eigenvalue weighted by Gasteiger charge is -2.18. The maximum absolute atomic E-state index is 11.9. The molecule has 2 N–H and O–H groups in total. The van der Waals surface area contributed by atoms with Crippen LogP contribution in [0.2, 0.25) is 0 Å². The Morgan fingerprint density at radius 2 is 2.26 bits per heavy atom. The molecule has 0 bridgehead atoms. The third kappa shape index (κ3) is 3.75. The highest BCUT2D eigenvalue weighted by atomic mass is 16.5. The Morgan fingerprint density at radius 3 is 3.00 bits per heavy atom. The van der Waals surface area contributed by atoms with Crippen LogP contribution in [0, 0.1) is 6.92 Å². The van der Waals surface area contributed by atoms with E-state index < -0.39 is 11.8 Å². The van der Waals surface area contributed by atoms with Crippen LogP contribution in [0.15, 0.2) is 4.52 Å². The van der Waals surface area contributed by atoms with Crippen LogP contribution in [0.1, 0.15) is 18.1 Å². The molecule has 2 amide bonds. The van der Waals surface area contributed by atoms with E-state index in [0.29, 0.717) is 25.5 Å². The number of hydrogen-bond donors (Lipinski definition) is 2. The quantitative estimate of drug-likeness (QED) is 0.654. The van der Waals surface area contributed by atoms with Crippen molar-refractivity contribution >= 4 is 11.8 Å². The van der Waals surface area contributed by atoms with Crippen molar-refractivity contribution in [3.05, 3.63) is 11.7 Å². The summed E-state index contributed by atoms with van der Waals surface area (Å²) in [5.74, 6) is -0.372. The van der Waals surface area contributed by atoms with Gasteiger partial charge < -0.3 is 20.1 Å². The van der Waals surface area contributed by atoms with E-state index in [1.807, 2.05) is 0 Å². The first kappa shape index (κ1) is 13.5. The fourth-order valence-corrected chi connectivity index (χ4v) is 1.84. The van der Waals surface area contributed by atoms with E-state index in [4.69, 9.17) is 4.52 Å². The monoisotopic (exact) mass is 267 g/mol. The first-order chi connectivity index (χ1) is 9.16. The Morgan fingerprint density at radius 1 is 1.42 bits per heavy atom. The molecule has 2 heterocycles. The molecule has 0 radical (unpaired) electrons. The summed E-state index contributed by atoms with van der Waals surface area (Å²) in [6.45, 7) is 4.47. The number of amides is 2. The van der Waals surface area contributed by atoms with Gasteiger partial charge in [-0.2, -0.15) is 4.98 Å². The van der Waals surface area contributed by atoms with Crippen molar-refractivity contribution in [2.45, 2.75) is 19.9 Å². The molecule has 1 aromatic rings. The molecular formula is C11H17N5O3. The van der Waals surface area contributed by atoms with Crippen molar-refractivity contribution in [3.8, 4) is 0 Å². The highest BCUT2D eigenvalue weighted by Gasteiger charge is 2.22. The fraction of sp³-hybridized carbons (Fsp3) is 0.636. The van der Waals surface area contributed by atoms with Gasteiger partial charge in [-0.25, -0.2) is 0 Å². The van der Waals surface area contributed by atoms with Gasteiger partial charge in [0.05, 0.1) is 6.54 Å². The molecule has 1 saturated heterocycles. The second kappa shape index (κ2) is 6.28. The fourth-order valence-electron chi connectivity index (χ4n) is 1.84. The maximum atomic E-state index is 11.9. The molecule has 0 aliphatic carbocycles. The number of aromatic nitrogens is 2. The third-order valence-electron chi connectivity index (χ3n) is 2.79. The van der Waals surface area contributed by atoms with E-state index in [9.17, 15) is 9.59 Å². The molecule has 19 heavy (non-hydrogen) atoms. The van der Waals surface area contributed by atoms with Crippen LogP contribution >= 0.6 is 0 Å². The average molecular weight is 267 g/mol. The van der Waals surface area contributed by atoms with Crippen LogP contribution in [-0.4, -0.2) is 53.0 Å². The Balaban J connectivity index is 1.83. The van der Waals surface area contributed by atoms with Crippen LogP contribution in [0.25, 0.3) is 0 Å². The number of aryl methyl sites for hydroxylation is 1. The molecule has 1 aromatic heterocycles. The number of carbonyl (C=O) groups is 2. The lowest BCUT2D eigenvalue weighted by molar-refractivity contribution is -0.145. The molecule has 0 unspecified atom stereocenters. The van der Waals surface area contributed by atoms with Crippen LogP contribution in [0.5, 0.6) is 0 Å². The lowest BCUT2D eigenvalue weighted by Crippen LogP contribution is -2.44. The van der Waals surface area contributed by atoms with E-state index in [2.05, 4.69) is 20.8 Å². The van der Waals surface area contributed by atoms with E-state index >= 15 is 0 Å². The number of rotatable bonds is 2. The topological polar surface area (TPSA) is 100 Å². The molecule has 0 atom stereocenters. The van der Waals surface area contributed by atoms with Gasteiger partial charge in [0.15, 0.2) is 5.82 Å². The van der Waals surface area contributed by atoms with Crippen molar-refractivity contribution < 1.29 is 14.1 Å². The maximum Gasteiger partial charge on any atom is 0.311 e. The first-order valence-electron chi connectivity index (χ1n) is 6.24. The highest BCUT2D eigenvalue weighted by Crippen LogP contribution is 1.98. The van der Waals surface area contributed by atoms with E-state index in [1.54, 1.807) is 11.8 Å². The van der Waals surface area contributed by atoms with E-state index in [1.165, 1.54) is 0 Å². The lowest BCUT2D eigenvalue weighted by atomic mass is 10.3. The minimum Gasteiger partial charge on any atom is -0.339 e. The minimum atomic E-state index is -0.641. The highest BCUT2D eigenvalue weighted by molar-refractivity contribution is 6.34. The SMILES string of the molecule is Cc1noc(CNC(=O)C(=O)N2CCCNCC2)n1. The van der Waals surface area contributed by atoms with Crippen LogP contribution < -0.4 is 10.6 Å². The number of nitrogens with one attached hydrogen (secondary N) is 2. The molecule has 0 saturated carbocycles. The predicted octanol–water partition coefficient (Wildman–Crippen LogP) is -1.18. The molecule has 1 fully saturated rings. The van der Waals surface area contributed by atoms with Crippen LogP contribution in [0.3, 0.4) is 0 Å². The molecule has 8 nitrogen and oxygen atoms in total. The molecule has 104 valence electrons. The van der Waals surface area contributed by atoms with E-state index in [-0.39, 0.29) is 12.4 Å². The Labute approximate surface area is 110 Å². The summed E-state index contributed by atoms with van der Waals surface area (Å²) < 4.78 is 4.85. The normalized spacial score (nSPS) is 15.9. The number of nitrogens with zero attached hydrogens (tertiary/aromatic N) is 3. The number of hydrogen-bond acceptors (Lipinski definition) is 6. The standard InChI is InChI=1S/C11H17N5O3/c1-8-14-9(19-15-8)7-13-10(17)11(18)16-5-2-3-12-4-6-16/h12H,2-7H2,1H3,(H,13,17). The largest absolute Gasteiger partial charge is 0.339 e. The van der Waals surface area contributed by atoms with Crippen molar-refractivity contribution in [2.24, 2.45) is 0 Å². The van der Waals surface area contributed by atoms with Gasteiger partial charge in [0.2, 0.25) is 5.89 Å². The Bertz CT molecular complexity index is 451. The number of carbonyl (C=O) groups excluding carboxylic acids is 2. The Hall–Kier alpha value is -1.96. The van der Waals surface area contributed by atoms with Gasteiger partial charge in [0.1, 0.15) is 0 Å². The van der Waals surface area contributed by atoms with Crippen molar-refractivity contribution in [1.82, 2.24) is 25.7 Å². The van der Waals surface area contributed by atoms with Crippen molar-refractivity contribution in [2.75, 3.05) is 26.2 Å². The van der Waals surface area contributed by atoms with Gasteiger partial charge in [-0.05, 0) is 19.9 Å². The van der Waals surface area contributed by atoms with Crippen LogP contribution in [0.4, 0.5) is 0 Å².